The van der Waals surface area contributed by atoms with Crippen LogP contribution in [0.5, 0.6) is 0 Å². The first-order valence-corrected chi connectivity index (χ1v) is 7.93. The molecule has 120 valence electrons. The van der Waals surface area contributed by atoms with Crippen molar-refractivity contribution in [3.8, 4) is 6.07 Å². The van der Waals surface area contributed by atoms with Crippen LogP contribution in [0.1, 0.15) is 30.9 Å². The maximum absolute atomic E-state index is 12.8. The van der Waals surface area contributed by atoms with Crippen LogP contribution < -0.4 is 5.32 Å². The van der Waals surface area contributed by atoms with Gasteiger partial charge in [0.25, 0.3) is 5.91 Å². The Balaban J connectivity index is 1.75. The Kier molecular flexibility index (Phi) is 4.05. The number of piperidine rings is 1. The van der Waals surface area contributed by atoms with E-state index in [0.29, 0.717) is 18.4 Å². The van der Waals surface area contributed by atoms with E-state index < -0.39 is 5.54 Å². The minimum Gasteiger partial charge on any atom is -0.323 e. The lowest BCUT2D eigenvalue weighted by Crippen LogP contribution is -2.54. The molecule has 0 atom stereocenters. The molecule has 2 fully saturated rings. The Labute approximate surface area is 135 Å². The minimum absolute atomic E-state index is 0.138. The van der Waals surface area contributed by atoms with E-state index >= 15 is 0 Å². The molecule has 0 bridgehead atoms. The van der Waals surface area contributed by atoms with Crippen molar-refractivity contribution in [3.05, 3.63) is 35.4 Å². The second-order valence-corrected chi connectivity index (χ2v) is 6.15. The van der Waals surface area contributed by atoms with Gasteiger partial charge in [0.2, 0.25) is 0 Å². The van der Waals surface area contributed by atoms with Crippen molar-refractivity contribution in [2.75, 3.05) is 19.6 Å². The Morgan fingerprint density at radius 1 is 1.30 bits per heavy atom. The van der Waals surface area contributed by atoms with Crippen molar-refractivity contribution in [1.82, 2.24) is 15.1 Å². The summed E-state index contributed by atoms with van der Waals surface area (Å²) in [4.78, 5) is 28.6. The van der Waals surface area contributed by atoms with Crippen LogP contribution in [0.2, 0.25) is 0 Å². The summed E-state index contributed by atoms with van der Waals surface area (Å²) in [6.07, 6.45) is 1.31. The van der Waals surface area contributed by atoms with E-state index in [1.165, 1.54) is 4.90 Å². The van der Waals surface area contributed by atoms with Crippen LogP contribution in [-0.2, 0) is 11.3 Å². The third-order valence-corrected chi connectivity index (χ3v) is 4.80. The number of rotatable bonds is 3. The number of hydrogen-bond donors (Lipinski definition) is 1. The first kappa shape index (κ1) is 15.5. The van der Waals surface area contributed by atoms with E-state index in [1.54, 1.807) is 18.2 Å². The zero-order valence-corrected chi connectivity index (χ0v) is 13.2. The van der Waals surface area contributed by atoms with Gasteiger partial charge in [0.05, 0.1) is 18.2 Å². The number of amides is 3. The van der Waals surface area contributed by atoms with Gasteiger partial charge in [-0.05, 0) is 37.1 Å². The summed E-state index contributed by atoms with van der Waals surface area (Å²) in [5.41, 5.74) is 0.575. The Morgan fingerprint density at radius 2 is 2.04 bits per heavy atom. The maximum Gasteiger partial charge on any atom is 0.325 e. The number of likely N-dealkylation sites (tertiary alicyclic amines) is 1. The molecule has 3 rings (SSSR count). The fourth-order valence-corrected chi connectivity index (χ4v) is 3.33. The van der Waals surface area contributed by atoms with Gasteiger partial charge >= 0.3 is 6.03 Å². The first-order chi connectivity index (χ1) is 11.1. The van der Waals surface area contributed by atoms with Crippen LogP contribution in [0.15, 0.2) is 24.3 Å². The van der Waals surface area contributed by atoms with Gasteiger partial charge in [-0.15, -0.1) is 0 Å². The fraction of sp³-hybridized carbons (Fsp3) is 0.471. The van der Waals surface area contributed by atoms with Gasteiger partial charge in [0.1, 0.15) is 5.54 Å². The van der Waals surface area contributed by atoms with Gasteiger partial charge in [0, 0.05) is 13.1 Å². The topological polar surface area (TPSA) is 76.4 Å². The third-order valence-electron chi connectivity index (χ3n) is 4.80. The molecule has 2 aliphatic rings. The van der Waals surface area contributed by atoms with Crippen molar-refractivity contribution in [1.29, 1.82) is 5.26 Å². The lowest BCUT2D eigenvalue weighted by Gasteiger charge is -2.36. The van der Waals surface area contributed by atoms with Crippen LogP contribution in [0.4, 0.5) is 4.79 Å². The molecule has 2 saturated heterocycles. The minimum atomic E-state index is -0.740. The highest BCUT2D eigenvalue weighted by atomic mass is 16.2. The highest BCUT2D eigenvalue weighted by Gasteiger charge is 2.51. The summed E-state index contributed by atoms with van der Waals surface area (Å²) in [7, 11) is 0. The smallest absolute Gasteiger partial charge is 0.323 e. The molecule has 0 aromatic heterocycles. The van der Waals surface area contributed by atoms with Gasteiger partial charge in [-0.25, -0.2) is 4.79 Å². The van der Waals surface area contributed by atoms with Crippen LogP contribution in [0.25, 0.3) is 0 Å². The van der Waals surface area contributed by atoms with E-state index in [0.717, 1.165) is 25.2 Å². The largest absolute Gasteiger partial charge is 0.325 e. The molecule has 3 amide bonds. The second kappa shape index (κ2) is 6.01. The SMILES string of the molecule is CCN1CCC2(CC1)NC(=O)N(Cc1cccc(C#N)c1)C2=O. The number of hydrogen-bond acceptors (Lipinski definition) is 4. The predicted molar refractivity (Wildman–Crippen MR) is 84.3 cm³/mol. The molecular weight excluding hydrogens is 292 g/mol. The van der Waals surface area contributed by atoms with Gasteiger partial charge in [-0.1, -0.05) is 19.1 Å². The monoisotopic (exact) mass is 312 g/mol. The molecule has 1 N–H and O–H groups in total. The van der Waals surface area contributed by atoms with Crippen molar-refractivity contribution < 1.29 is 9.59 Å². The molecule has 2 heterocycles. The summed E-state index contributed by atoms with van der Waals surface area (Å²) < 4.78 is 0. The highest BCUT2D eigenvalue weighted by Crippen LogP contribution is 2.30. The number of benzene rings is 1. The average molecular weight is 312 g/mol. The lowest BCUT2D eigenvalue weighted by atomic mass is 9.87. The van der Waals surface area contributed by atoms with E-state index in [9.17, 15) is 9.59 Å². The molecule has 0 saturated carbocycles. The average Bonchev–Trinajstić information content (AvgIpc) is 2.80. The number of nitrogens with one attached hydrogen (secondary N) is 1. The molecule has 1 spiro atoms. The van der Waals surface area contributed by atoms with Gasteiger partial charge in [0.15, 0.2) is 0 Å². The standard InChI is InChI=1S/C17H20N4O2/c1-2-20-8-6-17(7-9-20)15(22)21(16(23)19-17)12-14-5-3-4-13(10-14)11-18/h3-5,10H,2,6-9,12H2,1H3,(H,19,23). The van der Waals surface area contributed by atoms with Crippen molar-refractivity contribution in [3.63, 3.8) is 0 Å². The van der Waals surface area contributed by atoms with E-state index in [4.69, 9.17) is 5.26 Å². The predicted octanol–water partition coefficient (Wildman–Crippen LogP) is 1.46. The van der Waals surface area contributed by atoms with Gasteiger partial charge in [-0.2, -0.15) is 5.26 Å². The summed E-state index contributed by atoms with van der Waals surface area (Å²) >= 11 is 0. The summed E-state index contributed by atoms with van der Waals surface area (Å²) in [5, 5.41) is 11.9. The first-order valence-electron chi connectivity index (χ1n) is 7.93. The molecule has 1 aromatic rings. The van der Waals surface area contributed by atoms with E-state index in [2.05, 4.69) is 23.2 Å². The van der Waals surface area contributed by atoms with Crippen LogP contribution in [-0.4, -0.2) is 46.9 Å². The fourth-order valence-electron chi connectivity index (χ4n) is 3.33. The third kappa shape index (κ3) is 2.80. The molecule has 0 radical (unpaired) electrons. The molecule has 1 aromatic carbocycles. The molecular formula is C17H20N4O2. The van der Waals surface area contributed by atoms with Crippen LogP contribution in [0.3, 0.4) is 0 Å². The van der Waals surface area contributed by atoms with Crippen molar-refractivity contribution in [2.45, 2.75) is 31.8 Å². The maximum atomic E-state index is 12.8. The van der Waals surface area contributed by atoms with Gasteiger partial charge < -0.3 is 10.2 Å². The number of nitriles is 1. The molecule has 23 heavy (non-hydrogen) atoms. The molecule has 0 aliphatic carbocycles. The quantitative estimate of drug-likeness (QED) is 0.857. The lowest BCUT2D eigenvalue weighted by molar-refractivity contribution is -0.133. The molecule has 6 nitrogen and oxygen atoms in total. The van der Waals surface area contributed by atoms with Crippen molar-refractivity contribution >= 4 is 11.9 Å². The zero-order chi connectivity index (χ0) is 16.4. The van der Waals surface area contributed by atoms with E-state index in [-0.39, 0.29) is 18.5 Å². The Hall–Kier alpha value is -2.39. The zero-order valence-electron chi connectivity index (χ0n) is 13.2. The second-order valence-electron chi connectivity index (χ2n) is 6.15. The van der Waals surface area contributed by atoms with Gasteiger partial charge in [-0.3, -0.25) is 9.69 Å². The number of imide groups is 1. The summed E-state index contributed by atoms with van der Waals surface area (Å²) in [6.45, 7) is 4.91. The Bertz CT molecular complexity index is 671. The highest BCUT2D eigenvalue weighted by molar-refractivity contribution is 6.07. The van der Waals surface area contributed by atoms with Crippen LogP contribution in [0, 0.1) is 11.3 Å². The van der Waals surface area contributed by atoms with Crippen LogP contribution >= 0.6 is 0 Å². The van der Waals surface area contributed by atoms with E-state index in [1.807, 2.05) is 6.07 Å². The molecule has 0 unspecified atom stereocenters. The summed E-state index contributed by atoms with van der Waals surface area (Å²) in [5.74, 6) is -0.138. The number of urea groups is 1. The Morgan fingerprint density at radius 3 is 2.70 bits per heavy atom. The summed E-state index contributed by atoms with van der Waals surface area (Å²) in [6, 6.07) is 8.75. The molecule has 6 heteroatoms. The number of nitrogens with zero attached hydrogens (tertiary/aromatic N) is 3. The number of carbonyl (C=O) groups excluding carboxylic acids is 2. The van der Waals surface area contributed by atoms with Crippen molar-refractivity contribution in [2.24, 2.45) is 0 Å². The normalized spacial score (nSPS) is 20.6. The molecule has 2 aliphatic heterocycles. The number of carbonyl (C=O) groups is 2.